The lowest BCUT2D eigenvalue weighted by Gasteiger charge is -2.04. The van der Waals surface area contributed by atoms with E-state index in [1.54, 1.807) is 17.3 Å². The van der Waals surface area contributed by atoms with Gasteiger partial charge >= 0.3 is 0 Å². The zero-order valence-corrected chi connectivity index (χ0v) is 9.55. The second-order valence-electron chi connectivity index (χ2n) is 3.06. The van der Waals surface area contributed by atoms with Crippen molar-refractivity contribution in [3.8, 4) is 0 Å². The van der Waals surface area contributed by atoms with E-state index in [0.717, 1.165) is 5.75 Å². The summed E-state index contributed by atoms with van der Waals surface area (Å²) in [7, 11) is -0.227. The van der Waals surface area contributed by atoms with Gasteiger partial charge in [-0.25, -0.2) is 4.68 Å². The van der Waals surface area contributed by atoms with E-state index in [1.165, 1.54) is 4.90 Å². The van der Waals surface area contributed by atoms with Crippen LogP contribution in [-0.4, -0.2) is 20.6 Å². The number of nitrogens with zero attached hydrogens (tertiary/aromatic N) is 4. The molecule has 0 N–H and O–H groups in total. The quantitative estimate of drug-likeness (QED) is 0.757. The molecule has 1 aromatic carbocycles. The van der Waals surface area contributed by atoms with E-state index < -0.39 is 0 Å². The molecule has 0 saturated heterocycles. The molecule has 0 bridgehead atoms. The highest BCUT2D eigenvalue weighted by molar-refractivity contribution is 7.87. The zero-order valence-electron chi connectivity index (χ0n) is 8.73. The standard InChI is InChI=1S/C11H12N4S/c1-2-8-16(11-6-4-3-5-7-11)14-15-9-12-13-10-15/h2-7,9-10H,1,8H2. The van der Waals surface area contributed by atoms with Crippen molar-refractivity contribution >= 4 is 10.7 Å². The lowest BCUT2D eigenvalue weighted by molar-refractivity contribution is 0.888. The van der Waals surface area contributed by atoms with Crippen molar-refractivity contribution in [2.75, 3.05) is 5.75 Å². The smallest absolute Gasteiger partial charge is 0.142 e. The van der Waals surface area contributed by atoms with Crippen molar-refractivity contribution in [1.29, 1.82) is 0 Å². The molecule has 0 spiro atoms. The minimum absolute atomic E-state index is 0.227. The predicted molar refractivity (Wildman–Crippen MR) is 65.0 cm³/mol. The molecule has 0 aliphatic carbocycles. The van der Waals surface area contributed by atoms with Crippen LogP contribution in [0.5, 0.6) is 0 Å². The van der Waals surface area contributed by atoms with E-state index in [-0.39, 0.29) is 10.7 Å². The molecule has 5 heteroatoms. The van der Waals surface area contributed by atoms with E-state index in [0.29, 0.717) is 0 Å². The third-order valence-corrected chi connectivity index (χ3v) is 3.64. The third-order valence-electron chi connectivity index (χ3n) is 1.89. The molecule has 0 aliphatic rings. The Labute approximate surface area is 96.7 Å². The van der Waals surface area contributed by atoms with Gasteiger partial charge in [0.05, 0.1) is 0 Å². The van der Waals surface area contributed by atoms with Gasteiger partial charge in [0.15, 0.2) is 0 Å². The summed E-state index contributed by atoms with van der Waals surface area (Å²) in [5, 5.41) is 7.45. The van der Waals surface area contributed by atoms with Crippen LogP contribution < -0.4 is 0 Å². The highest BCUT2D eigenvalue weighted by atomic mass is 32.2. The number of benzene rings is 1. The molecule has 0 fully saturated rings. The van der Waals surface area contributed by atoms with E-state index >= 15 is 0 Å². The fraction of sp³-hybridized carbons (Fsp3) is 0.0909. The Kier molecular flexibility index (Phi) is 3.61. The topological polar surface area (TPSA) is 43.1 Å². The highest BCUT2D eigenvalue weighted by Gasteiger charge is 1.99. The predicted octanol–water partition coefficient (Wildman–Crippen LogP) is 2.09. The van der Waals surface area contributed by atoms with Gasteiger partial charge in [0.25, 0.3) is 0 Å². The summed E-state index contributed by atoms with van der Waals surface area (Å²) in [5.41, 5.74) is 0. The first-order valence-corrected chi connectivity index (χ1v) is 6.19. The van der Waals surface area contributed by atoms with Gasteiger partial charge in [0.2, 0.25) is 0 Å². The van der Waals surface area contributed by atoms with Gasteiger partial charge in [0.1, 0.15) is 12.7 Å². The summed E-state index contributed by atoms with van der Waals surface area (Å²) in [5.74, 6) is 0.822. The molecule has 2 rings (SSSR count). The van der Waals surface area contributed by atoms with E-state index in [4.69, 9.17) is 0 Å². The van der Waals surface area contributed by atoms with Crippen LogP contribution in [0.1, 0.15) is 0 Å². The minimum Gasteiger partial charge on any atom is -0.201 e. The molecule has 82 valence electrons. The molecule has 2 aromatic rings. The molecular formula is C11H12N4S. The summed E-state index contributed by atoms with van der Waals surface area (Å²) in [6.45, 7) is 3.76. The molecule has 4 nitrogen and oxygen atoms in total. The summed E-state index contributed by atoms with van der Waals surface area (Å²) >= 11 is 0. The second-order valence-corrected chi connectivity index (χ2v) is 4.75. The molecule has 1 aromatic heterocycles. The van der Waals surface area contributed by atoms with Crippen molar-refractivity contribution in [3.05, 3.63) is 55.6 Å². The lowest BCUT2D eigenvalue weighted by Crippen LogP contribution is -1.98. The van der Waals surface area contributed by atoms with E-state index in [9.17, 15) is 0 Å². The summed E-state index contributed by atoms with van der Waals surface area (Å²) < 4.78 is 6.17. The Morgan fingerprint density at radius 1 is 1.25 bits per heavy atom. The maximum atomic E-state index is 4.53. The van der Waals surface area contributed by atoms with Gasteiger partial charge in [-0.1, -0.05) is 24.3 Å². The van der Waals surface area contributed by atoms with Crippen LogP contribution in [-0.2, 0) is 10.7 Å². The molecule has 1 heterocycles. The summed E-state index contributed by atoms with van der Waals surface area (Å²) in [6, 6.07) is 10.2. The van der Waals surface area contributed by atoms with Crippen LogP contribution in [0, 0.1) is 0 Å². The molecule has 0 radical (unpaired) electrons. The Bertz CT molecular complexity index is 476. The molecule has 16 heavy (non-hydrogen) atoms. The Morgan fingerprint density at radius 2 is 1.94 bits per heavy atom. The van der Waals surface area contributed by atoms with Crippen molar-refractivity contribution in [1.82, 2.24) is 14.9 Å². The Balaban J connectivity index is 2.34. The zero-order chi connectivity index (χ0) is 11.2. The number of aromatic nitrogens is 3. The van der Waals surface area contributed by atoms with Crippen molar-refractivity contribution in [3.63, 3.8) is 0 Å². The maximum Gasteiger partial charge on any atom is 0.142 e. The van der Waals surface area contributed by atoms with Crippen LogP contribution in [0.2, 0.25) is 0 Å². The molecule has 1 atom stereocenters. The van der Waals surface area contributed by atoms with Crippen LogP contribution in [0.15, 0.2) is 65.0 Å². The fourth-order valence-electron chi connectivity index (χ4n) is 1.22. The van der Waals surface area contributed by atoms with E-state index in [2.05, 4.69) is 33.4 Å². The SMILES string of the molecule is C=CC/S(=N/n1cnnc1)c1ccccc1. The first-order chi connectivity index (χ1) is 7.90. The van der Waals surface area contributed by atoms with Gasteiger partial charge in [0, 0.05) is 10.6 Å². The van der Waals surface area contributed by atoms with Gasteiger partial charge in [-0.2, -0.15) is 0 Å². The first kappa shape index (κ1) is 10.8. The average Bonchev–Trinajstić information content (AvgIpc) is 2.83. The van der Waals surface area contributed by atoms with Gasteiger partial charge in [-0.3, -0.25) is 0 Å². The molecule has 0 amide bonds. The maximum absolute atomic E-state index is 4.53. The fourth-order valence-corrected chi connectivity index (χ4v) is 2.58. The Hall–Kier alpha value is -1.75. The monoisotopic (exact) mass is 232 g/mol. The number of rotatable bonds is 4. The van der Waals surface area contributed by atoms with Crippen LogP contribution in [0.25, 0.3) is 0 Å². The van der Waals surface area contributed by atoms with Crippen LogP contribution in [0.3, 0.4) is 0 Å². The second kappa shape index (κ2) is 5.37. The van der Waals surface area contributed by atoms with Crippen LogP contribution in [0.4, 0.5) is 0 Å². The van der Waals surface area contributed by atoms with Gasteiger partial charge in [-0.05, 0) is 22.8 Å². The van der Waals surface area contributed by atoms with Crippen molar-refractivity contribution < 1.29 is 0 Å². The first-order valence-electron chi connectivity index (χ1n) is 4.84. The van der Waals surface area contributed by atoms with Gasteiger partial charge in [-0.15, -0.1) is 21.2 Å². The number of hydrogen-bond acceptors (Lipinski definition) is 3. The highest BCUT2D eigenvalue weighted by Crippen LogP contribution is 2.09. The summed E-state index contributed by atoms with van der Waals surface area (Å²) in [4.78, 5) is 1.19. The van der Waals surface area contributed by atoms with E-state index in [1.807, 2.05) is 24.3 Å². The number of hydrogen-bond donors (Lipinski definition) is 0. The average molecular weight is 232 g/mol. The Morgan fingerprint density at radius 3 is 2.56 bits per heavy atom. The van der Waals surface area contributed by atoms with Gasteiger partial charge < -0.3 is 0 Å². The normalized spacial score (nSPS) is 12.5. The van der Waals surface area contributed by atoms with Crippen LogP contribution >= 0.6 is 0 Å². The van der Waals surface area contributed by atoms with Crippen molar-refractivity contribution in [2.24, 2.45) is 4.47 Å². The molecule has 1 unspecified atom stereocenters. The minimum atomic E-state index is -0.227. The summed E-state index contributed by atoms with van der Waals surface area (Å²) in [6.07, 6.45) is 5.06. The third kappa shape index (κ3) is 2.64. The lowest BCUT2D eigenvalue weighted by atomic mass is 10.4. The molecule has 0 saturated carbocycles. The molecular weight excluding hydrogens is 220 g/mol. The largest absolute Gasteiger partial charge is 0.201 e. The molecule has 0 aliphatic heterocycles. The van der Waals surface area contributed by atoms with Crippen molar-refractivity contribution in [2.45, 2.75) is 4.90 Å².